The SMILES string of the molecule is C=CC(F)/C=C(F)/C(F)=C\COC(F)(F)c1c(F)cc(-c2ccc(C3CCCC(C)CC3)cc2F)cc1F. The summed E-state index contributed by atoms with van der Waals surface area (Å²) in [5.41, 5.74) is -1.45. The van der Waals surface area contributed by atoms with Crippen molar-refractivity contribution in [1.82, 2.24) is 0 Å². The van der Waals surface area contributed by atoms with Crippen molar-refractivity contribution in [1.29, 1.82) is 0 Å². The lowest BCUT2D eigenvalue weighted by Gasteiger charge is -2.19. The summed E-state index contributed by atoms with van der Waals surface area (Å²) in [5.74, 6) is -6.81. The third-order valence-corrected chi connectivity index (χ3v) is 6.65. The van der Waals surface area contributed by atoms with Crippen LogP contribution in [-0.4, -0.2) is 12.8 Å². The second-order valence-corrected chi connectivity index (χ2v) is 9.44. The van der Waals surface area contributed by atoms with E-state index in [1.807, 2.05) is 0 Å². The highest BCUT2D eigenvalue weighted by molar-refractivity contribution is 5.65. The van der Waals surface area contributed by atoms with Crippen LogP contribution >= 0.6 is 0 Å². The maximum Gasteiger partial charge on any atom is 0.389 e. The van der Waals surface area contributed by atoms with Crippen LogP contribution in [-0.2, 0) is 10.8 Å². The fourth-order valence-electron chi connectivity index (χ4n) is 4.52. The first-order valence-electron chi connectivity index (χ1n) is 12.2. The molecule has 38 heavy (non-hydrogen) atoms. The lowest BCUT2D eigenvalue weighted by atomic mass is 9.89. The first-order valence-corrected chi connectivity index (χ1v) is 12.2. The minimum atomic E-state index is -4.58. The van der Waals surface area contributed by atoms with Crippen molar-refractivity contribution in [3.05, 3.63) is 95.4 Å². The third-order valence-electron chi connectivity index (χ3n) is 6.65. The fraction of sp³-hybridized carbons (Fsp3) is 0.379. The van der Waals surface area contributed by atoms with Crippen molar-refractivity contribution in [3.63, 3.8) is 0 Å². The fourth-order valence-corrected chi connectivity index (χ4v) is 4.52. The van der Waals surface area contributed by atoms with Gasteiger partial charge >= 0.3 is 6.11 Å². The van der Waals surface area contributed by atoms with Gasteiger partial charge < -0.3 is 4.74 Å². The standard InChI is InChI=1S/C29H28F8O/c1-3-21(30)16-25(33)23(31)11-12-38-29(36,37)28-26(34)14-20(15-27(28)35)22-10-9-19(13-24(22)32)18-6-4-5-17(2)7-8-18/h3,9-11,13-18,21H,1,4-8,12H2,2H3/b23-11+,25-16-. The zero-order chi connectivity index (χ0) is 28.0. The first-order chi connectivity index (χ1) is 17.9. The highest BCUT2D eigenvalue weighted by atomic mass is 19.3. The summed E-state index contributed by atoms with van der Waals surface area (Å²) in [6.45, 7) is 3.92. The molecule has 0 bridgehead atoms. The van der Waals surface area contributed by atoms with Crippen LogP contribution < -0.4 is 0 Å². The van der Waals surface area contributed by atoms with Crippen LogP contribution in [0.15, 0.2) is 66.8 Å². The van der Waals surface area contributed by atoms with E-state index in [9.17, 15) is 35.1 Å². The summed E-state index contributed by atoms with van der Waals surface area (Å²) in [4.78, 5) is 0. The number of allylic oxidation sites excluding steroid dienone is 4. The summed E-state index contributed by atoms with van der Waals surface area (Å²) in [7, 11) is 0. The molecule has 0 spiro atoms. The topological polar surface area (TPSA) is 9.23 Å². The van der Waals surface area contributed by atoms with Crippen molar-refractivity contribution in [3.8, 4) is 11.1 Å². The monoisotopic (exact) mass is 544 g/mol. The van der Waals surface area contributed by atoms with E-state index >= 15 is 0 Å². The van der Waals surface area contributed by atoms with Gasteiger partial charge in [0.15, 0.2) is 11.7 Å². The first kappa shape index (κ1) is 29.6. The Morgan fingerprint density at radius 3 is 2.32 bits per heavy atom. The van der Waals surface area contributed by atoms with Gasteiger partial charge in [-0.2, -0.15) is 8.78 Å². The van der Waals surface area contributed by atoms with Gasteiger partial charge in [-0.3, -0.25) is 0 Å². The van der Waals surface area contributed by atoms with E-state index < -0.39 is 53.6 Å². The zero-order valence-electron chi connectivity index (χ0n) is 20.7. The molecular weight excluding hydrogens is 516 g/mol. The van der Waals surface area contributed by atoms with Gasteiger partial charge in [0.1, 0.15) is 29.2 Å². The van der Waals surface area contributed by atoms with Crippen LogP contribution in [0.25, 0.3) is 11.1 Å². The van der Waals surface area contributed by atoms with Gasteiger partial charge in [0.2, 0.25) is 0 Å². The maximum atomic E-state index is 15.0. The van der Waals surface area contributed by atoms with Crippen LogP contribution in [0.4, 0.5) is 35.1 Å². The molecule has 0 aromatic heterocycles. The van der Waals surface area contributed by atoms with Crippen molar-refractivity contribution in [2.75, 3.05) is 6.61 Å². The molecule has 0 N–H and O–H groups in total. The van der Waals surface area contributed by atoms with E-state index in [0.717, 1.165) is 37.7 Å². The Hall–Kier alpha value is -2.94. The number of hydrogen-bond donors (Lipinski definition) is 0. The van der Waals surface area contributed by atoms with Crippen molar-refractivity contribution in [2.24, 2.45) is 5.92 Å². The molecule has 3 rings (SSSR count). The molecule has 3 atom stereocenters. The van der Waals surface area contributed by atoms with E-state index in [2.05, 4.69) is 18.2 Å². The summed E-state index contributed by atoms with van der Waals surface area (Å²) in [6.07, 6.45) is -0.552. The van der Waals surface area contributed by atoms with Crippen LogP contribution in [0.5, 0.6) is 0 Å². The van der Waals surface area contributed by atoms with Gasteiger partial charge in [0.25, 0.3) is 0 Å². The van der Waals surface area contributed by atoms with E-state index in [-0.39, 0.29) is 29.2 Å². The zero-order valence-corrected chi connectivity index (χ0v) is 20.7. The number of ether oxygens (including phenoxy) is 1. The van der Waals surface area contributed by atoms with Gasteiger partial charge in [-0.15, -0.1) is 0 Å². The largest absolute Gasteiger partial charge is 0.389 e. The van der Waals surface area contributed by atoms with Crippen LogP contribution in [0.3, 0.4) is 0 Å². The maximum absolute atomic E-state index is 15.0. The van der Waals surface area contributed by atoms with E-state index in [4.69, 9.17) is 0 Å². The van der Waals surface area contributed by atoms with E-state index in [0.29, 0.717) is 24.1 Å². The van der Waals surface area contributed by atoms with Crippen LogP contribution in [0.1, 0.15) is 56.1 Å². The molecular formula is C29H28F8O. The minimum Gasteiger partial charge on any atom is -0.312 e. The Morgan fingerprint density at radius 2 is 1.68 bits per heavy atom. The van der Waals surface area contributed by atoms with Crippen LogP contribution in [0.2, 0.25) is 0 Å². The van der Waals surface area contributed by atoms with Crippen molar-refractivity contribution in [2.45, 2.75) is 57.2 Å². The molecule has 0 radical (unpaired) electrons. The molecule has 0 saturated heterocycles. The van der Waals surface area contributed by atoms with Gasteiger partial charge in [0, 0.05) is 5.56 Å². The number of alkyl halides is 3. The Balaban J connectivity index is 1.78. The molecule has 0 amide bonds. The quantitative estimate of drug-likeness (QED) is 0.132. The van der Waals surface area contributed by atoms with Gasteiger partial charge in [-0.25, -0.2) is 26.3 Å². The Morgan fingerprint density at radius 1 is 1.00 bits per heavy atom. The third kappa shape index (κ3) is 7.34. The number of hydrogen-bond acceptors (Lipinski definition) is 1. The molecule has 206 valence electrons. The molecule has 2 aromatic rings. The molecule has 2 aromatic carbocycles. The molecule has 3 unspecified atom stereocenters. The van der Waals surface area contributed by atoms with Gasteiger partial charge in [0.05, 0.1) is 6.61 Å². The normalized spacial score (nSPS) is 20.2. The number of benzene rings is 2. The van der Waals surface area contributed by atoms with Crippen molar-refractivity contribution < 1.29 is 39.9 Å². The van der Waals surface area contributed by atoms with Gasteiger partial charge in [-0.1, -0.05) is 51.0 Å². The molecule has 0 heterocycles. The molecule has 1 fully saturated rings. The Labute approximate surface area is 216 Å². The number of rotatable bonds is 9. The molecule has 1 nitrogen and oxygen atoms in total. The summed E-state index contributed by atoms with van der Waals surface area (Å²) in [5, 5.41) is 0. The highest BCUT2D eigenvalue weighted by Gasteiger charge is 2.39. The Bertz CT molecular complexity index is 1180. The van der Waals surface area contributed by atoms with E-state index in [1.165, 1.54) is 12.1 Å². The van der Waals surface area contributed by atoms with Crippen molar-refractivity contribution >= 4 is 0 Å². The minimum absolute atomic E-state index is 0.165. The smallest absolute Gasteiger partial charge is 0.312 e. The predicted molar refractivity (Wildman–Crippen MR) is 130 cm³/mol. The Kier molecular flexibility index (Phi) is 9.93. The molecule has 9 heteroatoms. The van der Waals surface area contributed by atoms with Gasteiger partial charge in [-0.05, 0) is 66.2 Å². The van der Waals surface area contributed by atoms with Crippen LogP contribution in [0, 0.1) is 23.4 Å². The summed E-state index contributed by atoms with van der Waals surface area (Å²) < 4.78 is 117. The molecule has 1 aliphatic carbocycles. The second kappa shape index (κ2) is 12.7. The summed E-state index contributed by atoms with van der Waals surface area (Å²) in [6, 6.07) is 5.46. The highest BCUT2D eigenvalue weighted by Crippen LogP contribution is 2.38. The lowest BCUT2D eigenvalue weighted by Crippen LogP contribution is -2.22. The molecule has 1 saturated carbocycles. The lowest BCUT2D eigenvalue weighted by molar-refractivity contribution is -0.245. The predicted octanol–water partition coefficient (Wildman–Crippen LogP) is 9.75. The average Bonchev–Trinajstić information content (AvgIpc) is 3.07. The average molecular weight is 545 g/mol. The molecule has 1 aliphatic rings. The number of halogens is 8. The summed E-state index contributed by atoms with van der Waals surface area (Å²) >= 11 is 0. The molecule has 0 aliphatic heterocycles. The van der Waals surface area contributed by atoms with E-state index in [1.54, 1.807) is 6.07 Å². The second-order valence-electron chi connectivity index (χ2n) is 9.44.